The number of halogens is 4. The van der Waals surface area contributed by atoms with Gasteiger partial charge in [-0.05, 0) is 37.7 Å². The number of fused-ring (bicyclic) bond motifs is 1. The van der Waals surface area contributed by atoms with Gasteiger partial charge in [0.05, 0.1) is 12.7 Å². The second kappa shape index (κ2) is 11.4. The largest absolute Gasteiger partial charge is 0.490 e. The van der Waals surface area contributed by atoms with Crippen molar-refractivity contribution in [2.75, 3.05) is 33.0 Å². The maximum absolute atomic E-state index is 14.1. The molecule has 180 valence electrons. The Balaban J connectivity index is 0.000000360. The van der Waals surface area contributed by atoms with Gasteiger partial charge >= 0.3 is 12.1 Å². The van der Waals surface area contributed by atoms with E-state index in [4.69, 9.17) is 24.1 Å². The van der Waals surface area contributed by atoms with Crippen molar-refractivity contribution in [1.29, 1.82) is 0 Å². The van der Waals surface area contributed by atoms with Crippen molar-refractivity contribution >= 4 is 5.97 Å². The quantitative estimate of drug-likeness (QED) is 0.673. The van der Waals surface area contributed by atoms with Crippen LogP contribution in [0.5, 0.6) is 0 Å². The lowest BCUT2D eigenvalue weighted by atomic mass is 10.0. The summed E-state index contributed by atoms with van der Waals surface area (Å²) in [7, 11) is 0. The van der Waals surface area contributed by atoms with E-state index in [1.807, 2.05) is 12.1 Å². The van der Waals surface area contributed by atoms with E-state index in [0.29, 0.717) is 18.5 Å². The van der Waals surface area contributed by atoms with Crippen LogP contribution >= 0.6 is 0 Å². The molecule has 0 radical (unpaired) electrons. The molecule has 32 heavy (non-hydrogen) atoms. The van der Waals surface area contributed by atoms with Gasteiger partial charge in [-0.15, -0.1) is 0 Å². The van der Waals surface area contributed by atoms with Gasteiger partial charge in [0, 0.05) is 44.5 Å². The normalized spacial score (nSPS) is 26.8. The molecule has 0 spiro atoms. The third-order valence-corrected chi connectivity index (χ3v) is 6.04. The molecule has 10 heteroatoms. The number of carboxylic acids is 1. The van der Waals surface area contributed by atoms with Crippen molar-refractivity contribution in [2.24, 2.45) is 5.92 Å². The summed E-state index contributed by atoms with van der Waals surface area (Å²) in [6, 6.07) is 7.41. The van der Waals surface area contributed by atoms with Gasteiger partial charge in [0.1, 0.15) is 11.9 Å². The number of benzene rings is 1. The minimum absolute atomic E-state index is 0.0971. The molecule has 0 aromatic heterocycles. The number of aliphatic carboxylic acids is 1. The maximum atomic E-state index is 14.1. The van der Waals surface area contributed by atoms with Crippen LogP contribution in [0.25, 0.3) is 0 Å². The molecule has 3 aliphatic heterocycles. The highest BCUT2D eigenvalue weighted by Crippen LogP contribution is 2.32. The first-order valence-electron chi connectivity index (χ1n) is 10.8. The van der Waals surface area contributed by atoms with Crippen molar-refractivity contribution < 1.29 is 41.7 Å². The topological polar surface area (TPSA) is 68.2 Å². The molecular formula is C22H29F4NO5. The molecule has 0 unspecified atom stereocenters. The van der Waals surface area contributed by atoms with Gasteiger partial charge in [0.25, 0.3) is 0 Å². The molecule has 6 nitrogen and oxygen atoms in total. The number of alkyl halides is 3. The third kappa shape index (κ3) is 6.87. The number of likely N-dealkylation sites (tertiary alicyclic amines) is 1. The molecule has 1 N–H and O–H groups in total. The number of carbonyl (C=O) groups is 1. The minimum atomic E-state index is -5.08. The second-order valence-electron chi connectivity index (χ2n) is 8.30. The zero-order valence-electron chi connectivity index (χ0n) is 17.7. The zero-order valence-corrected chi connectivity index (χ0v) is 17.7. The van der Waals surface area contributed by atoms with Crippen LogP contribution in [0.1, 0.15) is 31.2 Å². The lowest BCUT2D eigenvalue weighted by Crippen LogP contribution is -2.42. The van der Waals surface area contributed by atoms with E-state index in [-0.39, 0.29) is 18.0 Å². The fourth-order valence-electron chi connectivity index (χ4n) is 4.35. The molecule has 0 bridgehead atoms. The molecule has 1 aromatic rings. The van der Waals surface area contributed by atoms with Crippen LogP contribution in [0.3, 0.4) is 0 Å². The highest BCUT2D eigenvalue weighted by molar-refractivity contribution is 5.73. The van der Waals surface area contributed by atoms with Gasteiger partial charge in [-0.2, -0.15) is 13.2 Å². The highest BCUT2D eigenvalue weighted by Gasteiger charge is 2.45. The van der Waals surface area contributed by atoms with Crippen LogP contribution in [0.2, 0.25) is 0 Å². The molecule has 4 rings (SSSR count). The zero-order chi connectivity index (χ0) is 23.1. The van der Waals surface area contributed by atoms with Crippen LogP contribution in [0.15, 0.2) is 24.3 Å². The van der Waals surface area contributed by atoms with Crippen molar-refractivity contribution in [3.8, 4) is 0 Å². The molecule has 1 aromatic carbocycles. The number of hydrogen-bond donors (Lipinski definition) is 1. The molecule has 3 atom stereocenters. The molecule has 0 amide bonds. The lowest BCUT2D eigenvalue weighted by molar-refractivity contribution is -0.192. The van der Waals surface area contributed by atoms with Gasteiger partial charge in [-0.25, -0.2) is 9.18 Å². The Kier molecular flexibility index (Phi) is 8.87. The second-order valence-corrected chi connectivity index (χ2v) is 8.30. The fourth-order valence-corrected chi connectivity index (χ4v) is 4.35. The van der Waals surface area contributed by atoms with Crippen LogP contribution in [0.4, 0.5) is 17.6 Å². The average molecular weight is 463 g/mol. The first-order chi connectivity index (χ1) is 15.3. The first-order valence-corrected chi connectivity index (χ1v) is 10.8. The van der Waals surface area contributed by atoms with E-state index in [1.165, 1.54) is 0 Å². The summed E-state index contributed by atoms with van der Waals surface area (Å²) in [6.45, 7) is 4.75. The predicted molar refractivity (Wildman–Crippen MR) is 107 cm³/mol. The molecule has 0 saturated carbocycles. The number of nitrogens with zero attached hydrogens (tertiary/aromatic N) is 1. The van der Waals surface area contributed by atoms with Crippen molar-refractivity contribution in [3.05, 3.63) is 35.6 Å². The van der Waals surface area contributed by atoms with Gasteiger partial charge in [0.2, 0.25) is 0 Å². The molecule has 0 aliphatic carbocycles. The summed E-state index contributed by atoms with van der Waals surface area (Å²) < 4.78 is 63.6. The van der Waals surface area contributed by atoms with Gasteiger partial charge in [0.15, 0.2) is 0 Å². The van der Waals surface area contributed by atoms with Gasteiger partial charge in [-0.1, -0.05) is 18.2 Å². The van der Waals surface area contributed by atoms with Gasteiger partial charge < -0.3 is 19.3 Å². The van der Waals surface area contributed by atoms with Crippen LogP contribution < -0.4 is 0 Å². The minimum Gasteiger partial charge on any atom is -0.475 e. The number of rotatable bonds is 5. The summed E-state index contributed by atoms with van der Waals surface area (Å²) in [6.07, 6.45) is -0.515. The summed E-state index contributed by atoms with van der Waals surface area (Å²) in [5.41, 5.74) is 0.761. The number of hydrogen-bond acceptors (Lipinski definition) is 5. The molecule has 3 aliphatic rings. The average Bonchev–Trinajstić information content (AvgIpc) is 3.12. The summed E-state index contributed by atoms with van der Waals surface area (Å²) in [4.78, 5) is 11.3. The highest BCUT2D eigenvalue weighted by atomic mass is 19.4. The van der Waals surface area contributed by atoms with E-state index in [9.17, 15) is 17.6 Å². The molecular weight excluding hydrogens is 434 g/mol. The van der Waals surface area contributed by atoms with E-state index < -0.39 is 12.1 Å². The van der Waals surface area contributed by atoms with Crippen LogP contribution in [-0.2, 0) is 25.5 Å². The summed E-state index contributed by atoms with van der Waals surface area (Å²) in [5, 5.41) is 7.12. The Bertz CT molecular complexity index is 741. The standard InChI is InChI=1S/C20H28FNO3.C2HF3O2/c21-17-5-2-1-4-16(17)12-22-13-19(20-18(22)6-3-9-24-20)25-14-15-7-10-23-11-8-15;3-2(4,5)1(6)7/h1-2,4-5,15,18-20H,3,6-14H2;(H,6,7)/t18-,19+,20+;/m1./s1. The van der Waals surface area contributed by atoms with Crippen molar-refractivity contribution in [1.82, 2.24) is 4.90 Å². The lowest BCUT2D eigenvalue weighted by Gasteiger charge is -2.32. The molecule has 3 saturated heterocycles. The van der Waals surface area contributed by atoms with Gasteiger partial charge in [-0.3, -0.25) is 4.90 Å². The maximum Gasteiger partial charge on any atom is 0.490 e. The van der Waals surface area contributed by atoms with Crippen LogP contribution in [-0.4, -0.2) is 73.4 Å². The van der Waals surface area contributed by atoms with E-state index >= 15 is 0 Å². The Hall–Kier alpha value is -1.75. The predicted octanol–water partition coefficient (Wildman–Crippen LogP) is 3.63. The summed E-state index contributed by atoms with van der Waals surface area (Å²) >= 11 is 0. The number of ether oxygens (including phenoxy) is 3. The van der Waals surface area contributed by atoms with E-state index in [2.05, 4.69) is 4.90 Å². The Morgan fingerprint density at radius 3 is 2.50 bits per heavy atom. The van der Waals surface area contributed by atoms with Crippen LogP contribution in [0, 0.1) is 11.7 Å². The SMILES string of the molecule is Fc1ccccc1CN1C[C@H](OCC2CCOCC2)[C@H]2OCCC[C@H]21.O=C(O)C(F)(F)F. The fraction of sp³-hybridized carbons (Fsp3) is 0.682. The smallest absolute Gasteiger partial charge is 0.475 e. The van der Waals surface area contributed by atoms with E-state index in [1.54, 1.807) is 12.1 Å². The van der Waals surface area contributed by atoms with Crippen molar-refractivity contribution in [3.63, 3.8) is 0 Å². The number of carboxylic acid groups (broad SMARTS) is 1. The Morgan fingerprint density at radius 2 is 1.84 bits per heavy atom. The summed E-state index contributed by atoms with van der Waals surface area (Å²) in [5.74, 6) is -2.29. The third-order valence-electron chi connectivity index (χ3n) is 6.04. The first kappa shape index (κ1) is 24.9. The Morgan fingerprint density at radius 1 is 1.16 bits per heavy atom. The van der Waals surface area contributed by atoms with E-state index in [0.717, 1.165) is 64.2 Å². The van der Waals surface area contributed by atoms with Crippen molar-refractivity contribution in [2.45, 2.75) is 56.7 Å². The molecule has 3 fully saturated rings. The molecule has 3 heterocycles. The monoisotopic (exact) mass is 463 g/mol. The Labute approximate surface area is 184 Å².